The molecule has 1 aliphatic rings. The van der Waals surface area contributed by atoms with Crippen LogP contribution in [0.15, 0.2) is 22.9 Å². The molecule has 102 valence electrons. The molecule has 0 saturated carbocycles. The molecule has 0 aromatic carbocycles. The summed E-state index contributed by atoms with van der Waals surface area (Å²) in [5.74, 6) is 0.950. The molecule has 3 rings (SSSR count). The first kappa shape index (κ1) is 13.9. The molecule has 0 amide bonds. The molecule has 2 aromatic rings. The lowest BCUT2D eigenvalue weighted by Crippen LogP contribution is -2.28. The lowest BCUT2D eigenvalue weighted by atomic mass is 9.99. The standard InChI is InChI=1S/C12H13FN4O.ClH/c13-9-3-4-10(15-7-9)12-16-11(17-18-12)8-2-1-5-14-6-8;/h3-4,7-8,14H,1-2,5-6H2;1H/t8-;/m0./s1. The van der Waals surface area contributed by atoms with Gasteiger partial charge >= 0.3 is 0 Å². The van der Waals surface area contributed by atoms with Crippen molar-refractivity contribution < 1.29 is 8.91 Å². The fourth-order valence-corrected chi connectivity index (χ4v) is 2.08. The first-order valence-corrected chi connectivity index (χ1v) is 5.99. The summed E-state index contributed by atoms with van der Waals surface area (Å²) in [6, 6.07) is 2.86. The number of hydrogen-bond acceptors (Lipinski definition) is 5. The van der Waals surface area contributed by atoms with Crippen LogP contribution in [0.2, 0.25) is 0 Å². The Morgan fingerprint density at radius 1 is 1.37 bits per heavy atom. The SMILES string of the molecule is Cl.Fc1ccc(-c2nc([C@H]3CCCNC3)no2)nc1. The largest absolute Gasteiger partial charge is 0.332 e. The van der Waals surface area contributed by atoms with Gasteiger partial charge in [0.1, 0.15) is 11.5 Å². The lowest BCUT2D eigenvalue weighted by Gasteiger charge is -2.19. The molecule has 0 unspecified atom stereocenters. The van der Waals surface area contributed by atoms with Crippen LogP contribution >= 0.6 is 12.4 Å². The van der Waals surface area contributed by atoms with Crippen LogP contribution in [-0.4, -0.2) is 28.2 Å². The van der Waals surface area contributed by atoms with Crippen LogP contribution in [0.3, 0.4) is 0 Å². The van der Waals surface area contributed by atoms with E-state index in [1.54, 1.807) is 0 Å². The molecule has 1 aliphatic heterocycles. The summed E-state index contributed by atoms with van der Waals surface area (Å²) in [6.07, 6.45) is 3.31. The summed E-state index contributed by atoms with van der Waals surface area (Å²) in [5.41, 5.74) is 0.499. The second-order valence-corrected chi connectivity index (χ2v) is 4.36. The average Bonchev–Trinajstić information content (AvgIpc) is 2.90. The van der Waals surface area contributed by atoms with Crippen molar-refractivity contribution >= 4 is 12.4 Å². The van der Waals surface area contributed by atoms with E-state index in [-0.39, 0.29) is 24.1 Å². The van der Waals surface area contributed by atoms with Crippen molar-refractivity contribution in [2.24, 2.45) is 0 Å². The van der Waals surface area contributed by atoms with E-state index >= 15 is 0 Å². The second kappa shape index (κ2) is 6.08. The van der Waals surface area contributed by atoms with Gasteiger partial charge in [0.25, 0.3) is 5.89 Å². The number of nitrogens with zero attached hydrogens (tertiary/aromatic N) is 3. The maximum Gasteiger partial charge on any atom is 0.276 e. The minimum absolute atomic E-state index is 0. The van der Waals surface area contributed by atoms with Crippen LogP contribution in [0.25, 0.3) is 11.6 Å². The lowest BCUT2D eigenvalue weighted by molar-refractivity contribution is 0.392. The van der Waals surface area contributed by atoms with Gasteiger partial charge in [0.05, 0.1) is 6.20 Å². The molecule has 1 saturated heterocycles. The van der Waals surface area contributed by atoms with Gasteiger partial charge in [-0.3, -0.25) is 0 Å². The van der Waals surface area contributed by atoms with Crippen molar-refractivity contribution in [3.63, 3.8) is 0 Å². The maximum atomic E-state index is 12.8. The Morgan fingerprint density at radius 2 is 2.26 bits per heavy atom. The third kappa shape index (κ3) is 3.08. The molecule has 0 bridgehead atoms. The molecule has 0 spiro atoms. The van der Waals surface area contributed by atoms with Gasteiger partial charge in [-0.25, -0.2) is 9.37 Å². The minimum atomic E-state index is -0.380. The first-order valence-electron chi connectivity index (χ1n) is 5.99. The highest BCUT2D eigenvalue weighted by atomic mass is 35.5. The Bertz CT molecular complexity index is 525. The molecule has 5 nitrogen and oxygen atoms in total. The van der Waals surface area contributed by atoms with Crippen molar-refractivity contribution in [2.75, 3.05) is 13.1 Å². The fraction of sp³-hybridized carbons (Fsp3) is 0.417. The van der Waals surface area contributed by atoms with Crippen molar-refractivity contribution in [2.45, 2.75) is 18.8 Å². The normalized spacial score (nSPS) is 18.9. The summed E-state index contributed by atoms with van der Waals surface area (Å²) < 4.78 is 17.9. The quantitative estimate of drug-likeness (QED) is 0.915. The van der Waals surface area contributed by atoms with Crippen molar-refractivity contribution in [3.05, 3.63) is 30.0 Å². The monoisotopic (exact) mass is 284 g/mol. The Kier molecular flexibility index (Phi) is 4.44. The smallest absolute Gasteiger partial charge is 0.276 e. The van der Waals surface area contributed by atoms with Crippen LogP contribution in [-0.2, 0) is 0 Å². The number of halogens is 2. The predicted molar refractivity (Wildman–Crippen MR) is 69.6 cm³/mol. The van der Waals surface area contributed by atoms with Gasteiger partial charge in [0.2, 0.25) is 0 Å². The van der Waals surface area contributed by atoms with E-state index in [2.05, 4.69) is 20.4 Å². The van der Waals surface area contributed by atoms with Gasteiger partial charge in [0.15, 0.2) is 5.82 Å². The van der Waals surface area contributed by atoms with Gasteiger partial charge in [-0.05, 0) is 31.5 Å². The zero-order valence-electron chi connectivity index (χ0n) is 10.2. The van der Waals surface area contributed by atoms with E-state index in [1.807, 2.05) is 0 Å². The van der Waals surface area contributed by atoms with E-state index < -0.39 is 0 Å². The number of hydrogen-bond donors (Lipinski definition) is 1. The molecule has 0 aliphatic carbocycles. The number of piperidine rings is 1. The molecule has 1 fully saturated rings. The molecular formula is C12H14ClFN4O. The molecule has 0 radical (unpaired) electrons. The van der Waals surface area contributed by atoms with Crippen LogP contribution in [0.4, 0.5) is 4.39 Å². The van der Waals surface area contributed by atoms with E-state index in [4.69, 9.17) is 4.52 Å². The molecule has 1 N–H and O–H groups in total. The summed E-state index contributed by atoms with van der Waals surface area (Å²) in [6.45, 7) is 1.91. The van der Waals surface area contributed by atoms with E-state index in [0.29, 0.717) is 17.4 Å². The second-order valence-electron chi connectivity index (χ2n) is 4.36. The zero-order valence-corrected chi connectivity index (χ0v) is 11.0. The van der Waals surface area contributed by atoms with Gasteiger partial charge in [0, 0.05) is 12.5 Å². The summed E-state index contributed by atoms with van der Waals surface area (Å²) in [5, 5.41) is 7.28. The zero-order chi connectivity index (χ0) is 12.4. The van der Waals surface area contributed by atoms with Gasteiger partial charge < -0.3 is 9.84 Å². The third-order valence-electron chi connectivity index (χ3n) is 3.05. The number of pyridine rings is 1. The van der Waals surface area contributed by atoms with Crippen molar-refractivity contribution in [1.82, 2.24) is 20.4 Å². The molecule has 3 heterocycles. The average molecular weight is 285 g/mol. The Labute approximate surface area is 116 Å². The Morgan fingerprint density at radius 3 is 2.95 bits per heavy atom. The highest BCUT2D eigenvalue weighted by Crippen LogP contribution is 2.23. The first-order chi connectivity index (χ1) is 8.83. The summed E-state index contributed by atoms with van der Waals surface area (Å²) >= 11 is 0. The number of nitrogens with one attached hydrogen (secondary N) is 1. The number of aromatic nitrogens is 3. The maximum absolute atomic E-state index is 12.8. The highest BCUT2D eigenvalue weighted by molar-refractivity contribution is 5.85. The van der Waals surface area contributed by atoms with Crippen LogP contribution in [0.1, 0.15) is 24.6 Å². The summed E-state index contributed by atoms with van der Waals surface area (Å²) in [4.78, 5) is 8.25. The fourth-order valence-electron chi connectivity index (χ4n) is 2.08. The number of rotatable bonds is 2. The molecule has 1 atom stereocenters. The van der Waals surface area contributed by atoms with Gasteiger partial charge in [-0.15, -0.1) is 12.4 Å². The minimum Gasteiger partial charge on any atom is -0.332 e. The van der Waals surface area contributed by atoms with Crippen molar-refractivity contribution in [3.8, 4) is 11.6 Å². The highest BCUT2D eigenvalue weighted by Gasteiger charge is 2.21. The summed E-state index contributed by atoms with van der Waals surface area (Å²) in [7, 11) is 0. The Balaban J connectivity index is 0.00000133. The molecule has 7 heteroatoms. The molecular weight excluding hydrogens is 271 g/mol. The Hall–Kier alpha value is -1.53. The molecule has 19 heavy (non-hydrogen) atoms. The van der Waals surface area contributed by atoms with E-state index in [0.717, 1.165) is 32.1 Å². The van der Waals surface area contributed by atoms with Crippen LogP contribution in [0, 0.1) is 5.82 Å². The van der Waals surface area contributed by atoms with E-state index in [1.165, 1.54) is 12.1 Å². The third-order valence-corrected chi connectivity index (χ3v) is 3.05. The molecule has 2 aromatic heterocycles. The van der Waals surface area contributed by atoms with Crippen molar-refractivity contribution in [1.29, 1.82) is 0 Å². The predicted octanol–water partition coefficient (Wildman–Crippen LogP) is 2.16. The van der Waals surface area contributed by atoms with Gasteiger partial charge in [-0.2, -0.15) is 4.98 Å². The topological polar surface area (TPSA) is 63.8 Å². The van der Waals surface area contributed by atoms with Crippen LogP contribution in [0.5, 0.6) is 0 Å². The van der Waals surface area contributed by atoms with E-state index in [9.17, 15) is 4.39 Å². The van der Waals surface area contributed by atoms with Crippen LogP contribution < -0.4 is 5.32 Å². The van der Waals surface area contributed by atoms with Gasteiger partial charge in [-0.1, -0.05) is 5.16 Å².